The number of hydrogen-bond donors (Lipinski definition) is 1. The molecular weight excluding hydrogens is 348 g/mol. The molecule has 0 aromatic heterocycles. The van der Waals surface area contributed by atoms with Crippen LogP contribution in [0.4, 0.5) is 5.69 Å². The molecule has 2 N–H and O–H groups in total. The van der Waals surface area contributed by atoms with E-state index >= 15 is 0 Å². The van der Waals surface area contributed by atoms with Gasteiger partial charge in [0, 0.05) is 35.3 Å². The van der Waals surface area contributed by atoms with E-state index in [9.17, 15) is 4.79 Å². The third-order valence-corrected chi connectivity index (χ3v) is 6.19. The molecule has 28 heavy (non-hydrogen) atoms. The number of benzene rings is 2. The zero-order valence-electron chi connectivity index (χ0n) is 17.5. The highest BCUT2D eigenvalue weighted by Gasteiger charge is 2.43. The van der Waals surface area contributed by atoms with E-state index in [0.717, 1.165) is 37.6 Å². The maximum absolute atomic E-state index is 13.3. The van der Waals surface area contributed by atoms with Gasteiger partial charge in [0.25, 0.3) is 0 Å². The molecule has 1 aliphatic rings. The van der Waals surface area contributed by atoms with Crippen LogP contribution in [0.1, 0.15) is 42.3 Å². The molecule has 2 aromatic carbocycles. The van der Waals surface area contributed by atoms with Gasteiger partial charge in [-0.25, -0.2) is 0 Å². The second-order valence-electron chi connectivity index (χ2n) is 8.68. The third-order valence-electron chi connectivity index (χ3n) is 6.19. The maximum atomic E-state index is 13.3. The first-order valence-corrected chi connectivity index (χ1v) is 10.0. The molecular formula is C24H32N2O2. The van der Waals surface area contributed by atoms with Crippen molar-refractivity contribution < 1.29 is 9.53 Å². The second kappa shape index (κ2) is 8.06. The lowest BCUT2D eigenvalue weighted by Gasteiger charge is -2.40. The molecule has 150 valence electrons. The van der Waals surface area contributed by atoms with Crippen LogP contribution in [0.2, 0.25) is 0 Å². The zero-order valence-corrected chi connectivity index (χ0v) is 17.5. The summed E-state index contributed by atoms with van der Waals surface area (Å²) < 4.78 is 5.41. The highest BCUT2D eigenvalue weighted by atomic mass is 16.5. The van der Waals surface area contributed by atoms with E-state index < -0.39 is 11.0 Å². The molecule has 0 aliphatic carbocycles. The summed E-state index contributed by atoms with van der Waals surface area (Å²) in [4.78, 5) is 15.6. The van der Waals surface area contributed by atoms with Crippen LogP contribution in [-0.2, 0) is 11.2 Å². The first kappa shape index (κ1) is 20.6. The zero-order chi connectivity index (χ0) is 20.4. The van der Waals surface area contributed by atoms with Gasteiger partial charge in [-0.15, -0.1) is 0 Å². The van der Waals surface area contributed by atoms with Gasteiger partial charge in [-0.3, -0.25) is 4.79 Å². The maximum Gasteiger partial charge on any atom is 0.170 e. The molecule has 0 spiro atoms. The van der Waals surface area contributed by atoms with E-state index in [0.29, 0.717) is 12.0 Å². The second-order valence-corrected chi connectivity index (χ2v) is 8.68. The fraction of sp³-hybridized carbons (Fsp3) is 0.458. The Morgan fingerprint density at radius 3 is 2.14 bits per heavy atom. The Morgan fingerprint density at radius 1 is 1.00 bits per heavy atom. The number of nitrogens with two attached hydrogens (primary N) is 1. The van der Waals surface area contributed by atoms with Crippen molar-refractivity contribution in [1.82, 2.24) is 0 Å². The van der Waals surface area contributed by atoms with Gasteiger partial charge >= 0.3 is 0 Å². The molecule has 3 rings (SSSR count). The van der Waals surface area contributed by atoms with Crippen molar-refractivity contribution in [2.24, 2.45) is 11.1 Å². The van der Waals surface area contributed by atoms with E-state index in [1.807, 2.05) is 45.0 Å². The van der Waals surface area contributed by atoms with Crippen LogP contribution in [0.3, 0.4) is 0 Å². The highest BCUT2D eigenvalue weighted by Crippen LogP contribution is 2.35. The SMILES string of the molecule is Cc1ccc(CC(C)(N)C(C)(C)C(=O)c2ccc(N3CCOCC3)cc2)cc1. The number of ketones is 1. The van der Waals surface area contributed by atoms with Crippen LogP contribution < -0.4 is 10.6 Å². The molecule has 0 saturated carbocycles. The van der Waals surface area contributed by atoms with Crippen molar-refractivity contribution in [3.63, 3.8) is 0 Å². The number of carbonyl (C=O) groups is 1. The van der Waals surface area contributed by atoms with Crippen molar-refractivity contribution in [3.05, 3.63) is 65.2 Å². The molecule has 1 heterocycles. The van der Waals surface area contributed by atoms with Crippen LogP contribution in [-0.4, -0.2) is 37.6 Å². The predicted octanol–water partition coefficient (Wildman–Crippen LogP) is 4.00. The van der Waals surface area contributed by atoms with Gasteiger partial charge in [-0.1, -0.05) is 43.7 Å². The summed E-state index contributed by atoms with van der Waals surface area (Å²) in [6, 6.07) is 16.3. The summed E-state index contributed by atoms with van der Waals surface area (Å²) in [7, 11) is 0. The summed E-state index contributed by atoms with van der Waals surface area (Å²) in [5.41, 5.74) is 9.56. The molecule has 0 bridgehead atoms. The Hall–Kier alpha value is -2.17. The Morgan fingerprint density at radius 2 is 1.57 bits per heavy atom. The van der Waals surface area contributed by atoms with E-state index in [1.165, 1.54) is 5.56 Å². The third kappa shape index (κ3) is 4.29. The molecule has 1 saturated heterocycles. The van der Waals surface area contributed by atoms with Crippen LogP contribution in [0, 0.1) is 12.3 Å². The standard InChI is InChI=1S/C24H32N2O2/c1-18-5-7-19(8-6-18)17-24(4,25)23(2,3)22(27)20-9-11-21(12-10-20)26-13-15-28-16-14-26/h5-12H,13-17,25H2,1-4H3. The van der Waals surface area contributed by atoms with E-state index in [2.05, 4.69) is 36.1 Å². The molecule has 4 nitrogen and oxygen atoms in total. The van der Waals surface area contributed by atoms with Crippen molar-refractivity contribution >= 4 is 11.5 Å². The molecule has 1 fully saturated rings. The number of hydrogen-bond acceptors (Lipinski definition) is 4. The lowest BCUT2D eigenvalue weighted by molar-refractivity contribution is 0.0713. The molecule has 0 amide bonds. The Bertz CT molecular complexity index is 802. The lowest BCUT2D eigenvalue weighted by Crippen LogP contribution is -2.55. The van der Waals surface area contributed by atoms with E-state index in [1.54, 1.807) is 0 Å². The van der Waals surface area contributed by atoms with Crippen molar-refractivity contribution in [2.75, 3.05) is 31.2 Å². The van der Waals surface area contributed by atoms with Gasteiger partial charge < -0.3 is 15.4 Å². The number of rotatable bonds is 6. The summed E-state index contributed by atoms with van der Waals surface area (Å²) in [5, 5.41) is 0. The van der Waals surface area contributed by atoms with Gasteiger partial charge in [0.2, 0.25) is 0 Å². The molecule has 4 heteroatoms. The number of anilines is 1. The minimum Gasteiger partial charge on any atom is -0.378 e. The number of Topliss-reactive ketones (excluding diaryl/α,β-unsaturated/α-hetero) is 1. The monoisotopic (exact) mass is 380 g/mol. The fourth-order valence-corrected chi connectivity index (χ4v) is 3.62. The van der Waals surface area contributed by atoms with Crippen LogP contribution in [0.5, 0.6) is 0 Å². The normalized spacial score (nSPS) is 17.2. The number of morpholine rings is 1. The van der Waals surface area contributed by atoms with Gasteiger partial charge in [0.1, 0.15) is 0 Å². The molecule has 0 radical (unpaired) electrons. The van der Waals surface area contributed by atoms with Gasteiger partial charge in [-0.2, -0.15) is 0 Å². The Labute approximate surface area is 168 Å². The topological polar surface area (TPSA) is 55.6 Å². The predicted molar refractivity (Wildman–Crippen MR) is 115 cm³/mol. The summed E-state index contributed by atoms with van der Waals surface area (Å²) in [5.74, 6) is 0.0816. The minimum absolute atomic E-state index is 0.0816. The quantitative estimate of drug-likeness (QED) is 0.770. The molecule has 1 unspecified atom stereocenters. The van der Waals surface area contributed by atoms with Crippen LogP contribution in [0.25, 0.3) is 0 Å². The minimum atomic E-state index is -0.696. The average Bonchev–Trinajstić information content (AvgIpc) is 2.69. The van der Waals surface area contributed by atoms with Gasteiger partial charge in [0.15, 0.2) is 5.78 Å². The number of aryl methyl sites for hydroxylation is 1. The average molecular weight is 381 g/mol. The van der Waals surface area contributed by atoms with Gasteiger partial charge in [-0.05, 0) is 50.1 Å². The number of nitrogens with zero attached hydrogens (tertiary/aromatic N) is 1. The number of carbonyl (C=O) groups excluding carboxylic acids is 1. The molecule has 2 aromatic rings. The molecule has 1 atom stereocenters. The lowest BCUT2D eigenvalue weighted by atomic mass is 9.67. The Balaban J connectivity index is 1.76. The van der Waals surface area contributed by atoms with Crippen LogP contribution >= 0.6 is 0 Å². The Kier molecular flexibility index (Phi) is 5.92. The first-order chi connectivity index (χ1) is 13.2. The summed E-state index contributed by atoms with van der Waals surface area (Å²) in [6.07, 6.45) is 0.651. The van der Waals surface area contributed by atoms with E-state index in [4.69, 9.17) is 10.5 Å². The molecule has 1 aliphatic heterocycles. The highest BCUT2D eigenvalue weighted by molar-refractivity contribution is 6.01. The smallest absolute Gasteiger partial charge is 0.170 e. The van der Waals surface area contributed by atoms with E-state index in [-0.39, 0.29) is 5.78 Å². The first-order valence-electron chi connectivity index (χ1n) is 10.0. The fourth-order valence-electron chi connectivity index (χ4n) is 3.62. The van der Waals surface area contributed by atoms with Crippen molar-refractivity contribution in [1.29, 1.82) is 0 Å². The largest absolute Gasteiger partial charge is 0.378 e. The van der Waals surface area contributed by atoms with Gasteiger partial charge in [0.05, 0.1) is 13.2 Å². The summed E-state index contributed by atoms with van der Waals surface area (Å²) in [6.45, 7) is 11.2. The van der Waals surface area contributed by atoms with Crippen molar-refractivity contribution in [2.45, 2.75) is 39.7 Å². The van der Waals surface area contributed by atoms with Crippen molar-refractivity contribution in [3.8, 4) is 0 Å². The summed E-state index contributed by atoms with van der Waals surface area (Å²) >= 11 is 0. The van der Waals surface area contributed by atoms with Crippen LogP contribution in [0.15, 0.2) is 48.5 Å². The number of ether oxygens (including phenoxy) is 1.